The number of nitrogens with one attached hydrogen (secondary N) is 2. The van der Waals surface area contributed by atoms with Crippen LogP contribution in [0.2, 0.25) is 0 Å². The standard InChI is InChI=1S/C18H25F3N6O11S2/c1-16(9-37-26(29)30,10-38-27(31)32)15(28)25-5-3-17(4-6-25)23-12-7-11(18(19,20)21)13(39(22,33)34)8-14(12)40(2,35,36)24-17/h7-8,23H,3-6,9-10H2,1-2H3,(H2,22,33,34)(H2,24,35,36). The van der Waals surface area contributed by atoms with Gasteiger partial charge in [-0.1, -0.05) is 0 Å². The van der Waals surface area contributed by atoms with Crippen LogP contribution < -0.4 is 15.2 Å². The molecule has 2 aliphatic heterocycles. The molecule has 40 heavy (non-hydrogen) atoms. The third kappa shape index (κ3) is 6.35. The predicted molar refractivity (Wildman–Crippen MR) is 127 cm³/mol. The van der Waals surface area contributed by atoms with Crippen molar-refractivity contribution in [2.24, 2.45) is 10.6 Å². The number of carbonyl (C=O) groups excluding carboxylic acids is 1. The van der Waals surface area contributed by atoms with E-state index >= 15 is 0 Å². The third-order valence-corrected chi connectivity index (χ3v) is 9.62. The summed E-state index contributed by atoms with van der Waals surface area (Å²) in [7, 11) is -10.2. The summed E-state index contributed by atoms with van der Waals surface area (Å²) in [5.41, 5.74) is -5.63. The van der Waals surface area contributed by atoms with Crippen LogP contribution >= 0.6 is 0 Å². The largest absolute Gasteiger partial charge is 0.417 e. The van der Waals surface area contributed by atoms with Crippen molar-refractivity contribution < 1.29 is 55.0 Å². The molecule has 2 aliphatic rings. The number of alkyl halides is 3. The first-order chi connectivity index (χ1) is 18.0. The van der Waals surface area contributed by atoms with E-state index in [4.69, 9.17) is 5.14 Å². The van der Waals surface area contributed by atoms with Gasteiger partial charge in [0.2, 0.25) is 15.9 Å². The lowest BCUT2D eigenvalue weighted by molar-refractivity contribution is -0.770. The molecule has 0 aromatic heterocycles. The van der Waals surface area contributed by atoms with Gasteiger partial charge in [-0.15, -0.1) is 29.8 Å². The van der Waals surface area contributed by atoms with Gasteiger partial charge in [0, 0.05) is 32.2 Å². The molecular weight excluding hydrogens is 597 g/mol. The van der Waals surface area contributed by atoms with E-state index in [1.807, 2.05) is 0 Å². The molecule has 1 fully saturated rings. The summed E-state index contributed by atoms with van der Waals surface area (Å²) in [6.07, 6.45) is -4.84. The lowest BCUT2D eigenvalue weighted by atomic mass is 9.88. The number of primary sulfonamides is 1. The quantitative estimate of drug-likeness (QED) is 0.226. The van der Waals surface area contributed by atoms with E-state index in [1.165, 1.54) is 0 Å². The number of hydrogen-bond acceptors (Lipinski definition) is 11. The summed E-state index contributed by atoms with van der Waals surface area (Å²) in [5, 5.41) is 26.5. The molecule has 3 rings (SSSR count). The van der Waals surface area contributed by atoms with Crippen LogP contribution in [0, 0.1) is 25.6 Å². The normalized spacial score (nSPS) is 20.8. The molecule has 5 N–H and O–H groups in total. The molecule has 1 aromatic carbocycles. The Morgan fingerprint density at radius 3 is 2.12 bits per heavy atom. The van der Waals surface area contributed by atoms with Crippen LogP contribution in [-0.2, 0) is 40.2 Å². The first-order valence-electron chi connectivity index (χ1n) is 11.1. The zero-order chi connectivity index (χ0) is 30.6. The molecule has 1 saturated heterocycles. The summed E-state index contributed by atoms with van der Waals surface area (Å²) < 4.78 is 92.1. The third-order valence-electron chi connectivity index (χ3n) is 6.42. The van der Waals surface area contributed by atoms with Gasteiger partial charge in [0.05, 0.1) is 26.5 Å². The number of rotatable bonds is 8. The van der Waals surface area contributed by atoms with Crippen LogP contribution in [0.1, 0.15) is 25.3 Å². The fraction of sp³-hybridized carbons (Fsp3) is 0.611. The average molecular weight is 623 g/mol. The van der Waals surface area contributed by atoms with Crippen molar-refractivity contribution in [3.63, 3.8) is 0 Å². The number of fused-ring (bicyclic) bond motifs is 1. The number of nitrogens with two attached hydrogens (primary N) is 1. The Morgan fingerprint density at radius 2 is 1.70 bits per heavy atom. The molecule has 0 atom stereocenters. The molecule has 0 bridgehead atoms. The van der Waals surface area contributed by atoms with Crippen LogP contribution in [-0.4, -0.2) is 76.4 Å². The summed E-state index contributed by atoms with van der Waals surface area (Å²) in [6, 6.07) is 0.744. The van der Waals surface area contributed by atoms with Gasteiger partial charge in [0.25, 0.3) is 10.2 Å². The Hall–Kier alpha value is -3.34. The van der Waals surface area contributed by atoms with Gasteiger partial charge in [-0.2, -0.15) is 22.1 Å². The monoisotopic (exact) mass is 622 g/mol. The van der Waals surface area contributed by atoms with E-state index in [0.29, 0.717) is 12.1 Å². The topological polar surface area (TPSA) is 247 Å². The van der Waals surface area contributed by atoms with E-state index in [-0.39, 0.29) is 25.9 Å². The van der Waals surface area contributed by atoms with Crippen molar-refractivity contribution in [2.45, 2.75) is 41.4 Å². The number of sulfonamides is 1. The molecule has 0 saturated carbocycles. The van der Waals surface area contributed by atoms with E-state index < -0.39 is 87.1 Å². The lowest BCUT2D eigenvalue weighted by Crippen LogP contribution is -2.69. The van der Waals surface area contributed by atoms with Crippen LogP contribution in [0.4, 0.5) is 18.9 Å². The van der Waals surface area contributed by atoms with Gasteiger partial charge < -0.3 is 19.9 Å². The lowest BCUT2D eigenvalue weighted by Gasteiger charge is -2.56. The molecular formula is C18H25F3N6O11S2. The number of carbonyl (C=O) groups is 1. The summed E-state index contributed by atoms with van der Waals surface area (Å²) in [4.78, 5) is 42.0. The Labute approximate surface area is 223 Å². The molecule has 0 aliphatic carbocycles. The number of halogens is 3. The molecule has 0 unspecified atom stereocenters. The molecule has 1 spiro atoms. The number of piperidine rings is 1. The molecule has 0 radical (unpaired) electrons. The fourth-order valence-electron chi connectivity index (χ4n) is 4.57. The highest BCUT2D eigenvalue weighted by Crippen LogP contribution is 2.47. The van der Waals surface area contributed by atoms with Gasteiger partial charge in [0.15, 0.2) is 0 Å². The van der Waals surface area contributed by atoms with Crippen molar-refractivity contribution >= 4 is 31.2 Å². The summed E-state index contributed by atoms with van der Waals surface area (Å²) in [5.74, 6) is -0.849. The molecule has 22 heteroatoms. The highest BCUT2D eigenvalue weighted by atomic mass is 32.3. The highest BCUT2D eigenvalue weighted by molar-refractivity contribution is 8.13. The SMILES string of the molecule is CC(CO[N+](=O)[O-])(CO[N+](=O)[O-])C(=O)N1CCC2(CC1)Nc1cc(C(F)(F)F)c(S(N)(=O)=O)cc1S(C)(=O)(O)N2. The maximum atomic E-state index is 13.7. The number of nitrogens with zero attached hydrogens (tertiary/aromatic N) is 3. The van der Waals surface area contributed by atoms with E-state index in [9.17, 15) is 55.4 Å². The van der Waals surface area contributed by atoms with Crippen molar-refractivity contribution in [2.75, 3.05) is 37.9 Å². The molecule has 2 heterocycles. The summed E-state index contributed by atoms with van der Waals surface area (Å²) >= 11 is 0. The van der Waals surface area contributed by atoms with Crippen LogP contribution in [0.15, 0.2) is 21.9 Å². The second-order valence-electron chi connectivity index (χ2n) is 9.83. The summed E-state index contributed by atoms with van der Waals surface area (Å²) in [6.45, 7) is -1.13. The second kappa shape index (κ2) is 9.64. The maximum absolute atomic E-state index is 13.7. The maximum Gasteiger partial charge on any atom is 0.417 e. The zero-order valence-electron chi connectivity index (χ0n) is 20.8. The van der Waals surface area contributed by atoms with Crippen molar-refractivity contribution in [1.82, 2.24) is 9.62 Å². The van der Waals surface area contributed by atoms with Gasteiger partial charge >= 0.3 is 6.18 Å². The van der Waals surface area contributed by atoms with Crippen LogP contribution in [0.5, 0.6) is 0 Å². The first-order valence-corrected chi connectivity index (χ1v) is 14.9. The Morgan fingerprint density at radius 1 is 1.20 bits per heavy atom. The number of likely N-dealkylation sites (tertiary alicyclic amines) is 1. The number of amides is 1. The fourth-order valence-corrected chi connectivity index (χ4v) is 7.71. The minimum Gasteiger partial charge on any atom is -0.364 e. The van der Waals surface area contributed by atoms with Crippen molar-refractivity contribution in [3.05, 3.63) is 37.9 Å². The van der Waals surface area contributed by atoms with Crippen molar-refractivity contribution in [1.29, 1.82) is 0 Å². The Bertz CT molecular complexity index is 1400. The number of hydrogen-bond donors (Lipinski definition) is 4. The van der Waals surface area contributed by atoms with E-state index in [0.717, 1.165) is 18.1 Å². The second-order valence-corrected chi connectivity index (χ2v) is 14.6. The van der Waals surface area contributed by atoms with Gasteiger partial charge in [-0.3, -0.25) is 9.35 Å². The van der Waals surface area contributed by atoms with Gasteiger partial charge in [0.1, 0.15) is 18.9 Å². The van der Waals surface area contributed by atoms with Crippen molar-refractivity contribution in [3.8, 4) is 0 Å². The van der Waals surface area contributed by atoms with Crippen LogP contribution in [0.3, 0.4) is 0 Å². The van der Waals surface area contributed by atoms with Gasteiger partial charge in [-0.25, -0.2) is 13.6 Å². The van der Waals surface area contributed by atoms with E-state index in [2.05, 4.69) is 19.7 Å². The molecule has 1 amide bonds. The molecule has 226 valence electrons. The zero-order valence-corrected chi connectivity index (χ0v) is 22.4. The van der Waals surface area contributed by atoms with E-state index in [1.54, 1.807) is 0 Å². The minimum atomic E-state index is -5.24. The number of benzene rings is 1. The predicted octanol–water partition coefficient (Wildman–Crippen LogP) is 0.306. The Balaban J connectivity index is 1.94. The smallest absolute Gasteiger partial charge is 0.364 e. The average Bonchev–Trinajstić information content (AvgIpc) is 2.78. The Kier molecular flexibility index (Phi) is 7.52. The molecule has 1 aromatic rings. The number of anilines is 1. The van der Waals surface area contributed by atoms with Gasteiger partial charge in [-0.05, 0) is 19.1 Å². The minimum absolute atomic E-state index is 0.207. The highest BCUT2D eigenvalue weighted by Gasteiger charge is 2.50. The first kappa shape index (κ1) is 31.2. The van der Waals surface area contributed by atoms with Crippen LogP contribution in [0.25, 0.3) is 0 Å². The molecule has 17 nitrogen and oxygen atoms in total.